The summed E-state index contributed by atoms with van der Waals surface area (Å²) in [5.74, 6) is 0.932. The van der Waals surface area contributed by atoms with Gasteiger partial charge in [-0.25, -0.2) is 0 Å². The van der Waals surface area contributed by atoms with Crippen molar-refractivity contribution >= 4 is 16.5 Å². The number of benzene rings is 4. The molecule has 5 rings (SSSR count). The van der Waals surface area contributed by atoms with Gasteiger partial charge in [-0.05, 0) is 81.3 Å². The Bertz CT molecular complexity index is 1600. The molecule has 2 nitrogen and oxygen atoms in total. The molecule has 0 radical (unpaired) electrons. The van der Waals surface area contributed by atoms with Crippen LogP contribution in [0.4, 0.5) is 5.69 Å². The van der Waals surface area contributed by atoms with Gasteiger partial charge < -0.3 is 10.1 Å². The lowest BCUT2D eigenvalue weighted by Crippen LogP contribution is -2.26. The summed E-state index contributed by atoms with van der Waals surface area (Å²) in [4.78, 5) is 0. The molecular formula is C44H55NO. The van der Waals surface area contributed by atoms with Crippen LogP contribution in [-0.2, 0) is 12.0 Å². The molecule has 0 heterocycles. The fourth-order valence-electron chi connectivity index (χ4n) is 7.20. The number of hydrogen-bond acceptors (Lipinski definition) is 2. The van der Waals surface area contributed by atoms with Gasteiger partial charge in [-0.3, -0.25) is 0 Å². The van der Waals surface area contributed by atoms with Crippen molar-refractivity contribution < 1.29 is 4.74 Å². The number of fused-ring (bicyclic) bond motifs is 5. The Kier molecular flexibility index (Phi) is 12.9. The quantitative estimate of drug-likeness (QED) is 0.0890. The van der Waals surface area contributed by atoms with Crippen molar-refractivity contribution in [3.63, 3.8) is 0 Å². The number of ether oxygens (including phenoxy) is 1. The van der Waals surface area contributed by atoms with E-state index in [4.69, 9.17) is 4.74 Å². The fraction of sp³-hybridized carbons (Fsp3) is 0.364. The largest absolute Gasteiger partial charge is 0.489 e. The highest BCUT2D eigenvalue weighted by Crippen LogP contribution is 2.57. The van der Waals surface area contributed by atoms with Crippen LogP contribution in [0, 0.1) is 0 Å². The smallest absolute Gasteiger partial charge is 0.120 e. The molecule has 242 valence electrons. The van der Waals surface area contributed by atoms with Gasteiger partial charge in [-0.1, -0.05) is 159 Å². The van der Waals surface area contributed by atoms with E-state index >= 15 is 0 Å². The van der Waals surface area contributed by atoms with E-state index in [0.29, 0.717) is 6.61 Å². The number of unbranched alkanes of at least 4 members (excludes halogenated alkanes) is 6. The Hall–Kier alpha value is -4.04. The molecule has 0 aromatic heterocycles. The molecule has 1 N–H and O–H groups in total. The fourth-order valence-corrected chi connectivity index (χ4v) is 7.20. The van der Waals surface area contributed by atoms with Gasteiger partial charge in [0.25, 0.3) is 0 Å². The third-order valence-corrected chi connectivity index (χ3v) is 9.55. The topological polar surface area (TPSA) is 21.3 Å². The molecule has 46 heavy (non-hydrogen) atoms. The van der Waals surface area contributed by atoms with Crippen LogP contribution in [0.5, 0.6) is 5.75 Å². The summed E-state index contributed by atoms with van der Waals surface area (Å²) in [5, 5.41) is 6.37. The van der Waals surface area contributed by atoms with Crippen LogP contribution in [0.1, 0.15) is 102 Å². The second-order valence-electron chi connectivity index (χ2n) is 12.6. The van der Waals surface area contributed by atoms with E-state index < -0.39 is 0 Å². The van der Waals surface area contributed by atoms with Crippen LogP contribution in [0.15, 0.2) is 116 Å². The first-order valence-electron chi connectivity index (χ1n) is 17.2. The van der Waals surface area contributed by atoms with Gasteiger partial charge in [0.1, 0.15) is 12.4 Å². The Morgan fingerprint density at radius 3 is 2.17 bits per heavy atom. The zero-order valence-corrected chi connectivity index (χ0v) is 27.5. The van der Waals surface area contributed by atoms with Crippen LogP contribution in [0.25, 0.3) is 21.9 Å². The van der Waals surface area contributed by atoms with Crippen LogP contribution in [-0.4, -0.2) is 6.61 Å². The van der Waals surface area contributed by atoms with Crippen molar-refractivity contribution in [3.05, 3.63) is 133 Å². The van der Waals surface area contributed by atoms with Crippen molar-refractivity contribution in [1.29, 1.82) is 0 Å². The summed E-state index contributed by atoms with van der Waals surface area (Å²) in [6.07, 6.45) is 18.1. The number of allylic oxidation sites excluding steroid dienone is 2. The number of hydrogen-bond donors (Lipinski definition) is 1. The average molecular weight is 614 g/mol. The zero-order chi connectivity index (χ0) is 31.5. The SMILES string of the molecule is C.C=C/C=C(\C=C)COc1ccc2c(c1)C(CCCCCC)(CCCCCC)c1c-2ccc2cc(NCc3ccccc3)ccc12. The van der Waals surface area contributed by atoms with Gasteiger partial charge >= 0.3 is 0 Å². The minimum absolute atomic E-state index is 0. The molecule has 0 spiro atoms. The Balaban J connectivity index is 0.00000480. The molecule has 1 aliphatic carbocycles. The molecule has 0 atom stereocenters. The molecule has 4 aromatic rings. The lowest BCUT2D eigenvalue weighted by molar-refractivity contribution is 0.352. The third-order valence-electron chi connectivity index (χ3n) is 9.55. The maximum atomic E-state index is 6.39. The van der Waals surface area contributed by atoms with Crippen molar-refractivity contribution in [3.8, 4) is 16.9 Å². The summed E-state index contributed by atoms with van der Waals surface area (Å²) < 4.78 is 6.39. The Morgan fingerprint density at radius 1 is 0.783 bits per heavy atom. The minimum atomic E-state index is -0.0256. The third kappa shape index (κ3) is 7.84. The Morgan fingerprint density at radius 2 is 1.50 bits per heavy atom. The van der Waals surface area contributed by atoms with E-state index in [1.165, 1.54) is 108 Å². The lowest BCUT2D eigenvalue weighted by atomic mass is 9.69. The number of anilines is 1. The van der Waals surface area contributed by atoms with Crippen LogP contribution in [0.3, 0.4) is 0 Å². The normalized spacial score (nSPS) is 13.0. The van der Waals surface area contributed by atoms with Crippen molar-refractivity contribution in [2.75, 3.05) is 11.9 Å². The van der Waals surface area contributed by atoms with E-state index in [1.807, 2.05) is 12.2 Å². The maximum Gasteiger partial charge on any atom is 0.120 e. The molecule has 0 saturated heterocycles. The van der Waals surface area contributed by atoms with E-state index in [9.17, 15) is 0 Å². The van der Waals surface area contributed by atoms with Gasteiger partial charge in [0.2, 0.25) is 0 Å². The summed E-state index contributed by atoms with van der Waals surface area (Å²) in [6, 6.07) is 29.2. The molecule has 0 bridgehead atoms. The predicted octanol–water partition coefficient (Wildman–Crippen LogP) is 13.0. The second-order valence-corrected chi connectivity index (χ2v) is 12.6. The van der Waals surface area contributed by atoms with Crippen molar-refractivity contribution in [2.45, 2.75) is 97.4 Å². The summed E-state index contributed by atoms with van der Waals surface area (Å²) in [5.41, 5.74) is 9.23. The maximum absolute atomic E-state index is 6.39. The highest BCUT2D eigenvalue weighted by Gasteiger charge is 2.43. The highest BCUT2D eigenvalue weighted by atomic mass is 16.5. The standard InChI is InChI=1S/C43H51NO.CH4/c1-5-9-11-16-27-43(28-17-12-10-6-2)41-30-37(45-32-33(8-4)18-7-3)23-26-39(41)40-24-21-35-29-36(22-25-38(35)42(40)43)44-31-34-19-14-13-15-20-34;/h7-8,13-15,18-26,29-30,44H,3-6,9-12,16-17,27-28,31-32H2,1-2H3;1H4/b33-18+;. The van der Waals surface area contributed by atoms with Crippen LogP contribution in [0.2, 0.25) is 0 Å². The first-order valence-corrected chi connectivity index (χ1v) is 17.2. The number of rotatable bonds is 18. The summed E-state index contributed by atoms with van der Waals surface area (Å²) in [6.45, 7) is 13.7. The molecule has 0 amide bonds. The van der Waals surface area contributed by atoms with E-state index in [1.54, 1.807) is 6.08 Å². The Labute approximate surface area is 279 Å². The molecule has 2 heteroatoms. The number of nitrogens with one attached hydrogen (secondary N) is 1. The van der Waals surface area contributed by atoms with Crippen LogP contribution < -0.4 is 10.1 Å². The summed E-state index contributed by atoms with van der Waals surface area (Å²) >= 11 is 0. The lowest BCUT2D eigenvalue weighted by Gasteiger charge is -2.34. The van der Waals surface area contributed by atoms with E-state index in [0.717, 1.165) is 17.9 Å². The van der Waals surface area contributed by atoms with Gasteiger partial charge in [0.05, 0.1) is 0 Å². The molecule has 1 aliphatic rings. The first-order chi connectivity index (χ1) is 22.1. The summed E-state index contributed by atoms with van der Waals surface area (Å²) in [7, 11) is 0. The zero-order valence-electron chi connectivity index (χ0n) is 27.5. The minimum Gasteiger partial charge on any atom is -0.489 e. The van der Waals surface area contributed by atoms with Gasteiger partial charge in [0, 0.05) is 17.6 Å². The van der Waals surface area contributed by atoms with Crippen molar-refractivity contribution in [2.24, 2.45) is 0 Å². The molecule has 0 aliphatic heterocycles. The molecule has 0 unspecified atom stereocenters. The monoisotopic (exact) mass is 613 g/mol. The second kappa shape index (κ2) is 17.0. The molecule has 0 saturated carbocycles. The molecule has 4 aromatic carbocycles. The van der Waals surface area contributed by atoms with Crippen molar-refractivity contribution in [1.82, 2.24) is 0 Å². The van der Waals surface area contributed by atoms with E-state index in [2.05, 4.69) is 111 Å². The predicted molar refractivity (Wildman–Crippen MR) is 202 cm³/mol. The average Bonchev–Trinajstić information content (AvgIpc) is 3.35. The van der Waals surface area contributed by atoms with Gasteiger partial charge in [0.15, 0.2) is 0 Å². The van der Waals surface area contributed by atoms with E-state index in [-0.39, 0.29) is 12.8 Å². The van der Waals surface area contributed by atoms with Crippen LogP contribution >= 0.6 is 0 Å². The van der Waals surface area contributed by atoms with Gasteiger partial charge in [-0.15, -0.1) is 0 Å². The highest BCUT2D eigenvalue weighted by molar-refractivity contribution is 5.99. The first kappa shape index (κ1) is 34.8. The molecule has 0 fully saturated rings. The van der Waals surface area contributed by atoms with Gasteiger partial charge in [-0.2, -0.15) is 0 Å². The molecular weight excluding hydrogens is 558 g/mol.